The third-order valence-electron chi connectivity index (χ3n) is 4.87. The quantitative estimate of drug-likeness (QED) is 0.214. The molecule has 3 aromatic rings. The second-order valence-electron chi connectivity index (χ2n) is 6.82. The Morgan fingerprint density at radius 3 is 1.67 bits per heavy atom. The normalized spacial score (nSPS) is 12.3. The molecule has 3 heteroatoms. The highest BCUT2D eigenvalue weighted by Crippen LogP contribution is 2.41. The van der Waals surface area contributed by atoms with Gasteiger partial charge in [0.2, 0.25) is 0 Å². The molecular weight excluding hydrogens is 372 g/mol. The van der Waals surface area contributed by atoms with Crippen LogP contribution < -0.4 is 0 Å². The number of carbonyl (C=O) groups is 1. The van der Waals surface area contributed by atoms with E-state index in [0.29, 0.717) is 0 Å². The molecule has 0 radical (unpaired) electrons. The van der Waals surface area contributed by atoms with Crippen LogP contribution in [-0.4, -0.2) is 17.8 Å². The summed E-state index contributed by atoms with van der Waals surface area (Å²) in [5, 5.41) is 0. The molecule has 0 aliphatic carbocycles. The van der Waals surface area contributed by atoms with Crippen LogP contribution in [0.1, 0.15) is 30.0 Å². The van der Waals surface area contributed by atoms with E-state index < -0.39 is 17.5 Å². The average molecular weight is 396 g/mol. The van der Waals surface area contributed by atoms with Gasteiger partial charge in [0.25, 0.3) is 0 Å². The highest BCUT2D eigenvalue weighted by molar-refractivity contribution is 6.00. The van der Waals surface area contributed by atoms with Crippen LogP contribution >= 0.6 is 0 Å². The Kier molecular flexibility index (Phi) is 7.29. The molecule has 1 unspecified atom stereocenters. The fourth-order valence-electron chi connectivity index (χ4n) is 3.51. The third kappa shape index (κ3) is 4.55. The number of ether oxygens (including phenoxy) is 1. The fraction of sp³-hybridized carbons (Fsp3) is 0.148. The van der Waals surface area contributed by atoms with Gasteiger partial charge in [-0.2, -0.15) is 0 Å². The number of ketones is 1. The van der Waals surface area contributed by atoms with Crippen LogP contribution in [0.3, 0.4) is 0 Å². The molecule has 150 valence electrons. The first-order valence-corrected chi connectivity index (χ1v) is 9.98. The van der Waals surface area contributed by atoms with Gasteiger partial charge in [0.05, 0.1) is 6.08 Å². The molecule has 30 heavy (non-hydrogen) atoms. The van der Waals surface area contributed by atoms with Crippen molar-refractivity contribution in [2.75, 3.05) is 0 Å². The minimum absolute atomic E-state index is 0.443. The van der Waals surface area contributed by atoms with Crippen LogP contribution in [0.15, 0.2) is 109 Å². The van der Waals surface area contributed by atoms with Gasteiger partial charge in [-0.25, -0.2) is 4.79 Å². The van der Waals surface area contributed by atoms with E-state index in [2.05, 4.69) is 0 Å². The zero-order valence-electron chi connectivity index (χ0n) is 16.9. The number of hydrogen-bond acceptors (Lipinski definition) is 3. The monoisotopic (exact) mass is 396 g/mol. The fourth-order valence-corrected chi connectivity index (χ4v) is 3.51. The summed E-state index contributed by atoms with van der Waals surface area (Å²) in [4.78, 5) is 23.6. The van der Waals surface area contributed by atoms with Crippen LogP contribution in [-0.2, 0) is 19.9 Å². The van der Waals surface area contributed by atoms with E-state index in [1.165, 1.54) is 0 Å². The summed E-state index contributed by atoms with van der Waals surface area (Å²) in [5.41, 5.74) is 1.62. The smallest absolute Gasteiger partial charge is 0.199 e. The number of hydrogen-bond donors (Lipinski definition) is 0. The molecule has 0 aromatic heterocycles. The van der Waals surface area contributed by atoms with E-state index in [1.54, 1.807) is 12.0 Å². The van der Waals surface area contributed by atoms with Crippen LogP contribution in [0.2, 0.25) is 0 Å². The van der Waals surface area contributed by atoms with E-state index >= 15 is 0 Å². The van der Waals surface area contributed by atoms with Crippen LogP contribution in [0.25, 0.3) is 0 Å². The van der Waals surface area contributed by atoms with Crippen molar-refractivity contribution in [2.45, 2.75) is 25.0 Å². The first kappa shape index (κ1) is 21.2. The third-order valence-corrected chi connectivity index (χ3v) is 4.87. The van der Waals surface area contributed by atoms with Gasteiger partial charge in [-0.05, 0) is 23.1 Å². The van der Waals surface area contributed by atoms with Crippen molar-refractivity contribution in [3.8, 4) is 0 Å². The first-order chi connectivity index (χ1) is 14.7. The molecule has 0 saturated carbocycles. The molecule has 0 saturated heterocycles. The lowest BCUT2D eigenvalue weighted by molar-refractivity contribution is -0.129. The Balaban J connectivity index is 2.28. The lowest BCUT2D eigenvalue weighted by atomic mass is 9.79. The number of carbonyl (C=O) groups excluding carboxylic acids is 2. The van der Waals surface area contributed by atoms with Crippen LogP contribution in [0.5, 0.6) is 0 Å². The highest BCUT2D eigenvalue weighted by atomic mass is 16.5. The van der Waals surface area contributed by atoms with Crippen LogP contribution in [0, 0.1) is 0 Å². The van der Waals surface area contributed by atoms with Gasteiger partial charge in [-0.3, -0.25) is 4.79 Å². The van der Waals surface area contributed by atoms with Gasteiger partial charge in [-0.1, -0.05) is 110 Å². The molecular formula is C27H24O3. The molecule has 3 rings (SSSR count). The second-order valence-corrected chi connectivity index (χ2v) is 6.82. The van der Waals surface area contributed by atoms with Gasteiger partial charge in [-0.15, -0.1) is 0 Å². The Labute approximate surface area is 177 Å². The molecule has 0 aliphatic heterocycles. The van der Waals surface area contributed by atoms with E-state index in [-0.39, 0.29) is 0 Å². The Morgan fingerprint density at radius 1 is 0.867 bits per heavy atom. The summed E-state index contributed by atoms with van der Waals surface area (Å²) in [6.45, 7) is 1.98. The van der Waals surface area contributed by atoms with E-state index in [9.17, 15) is 9.59 Å². The standard InChI is InChI=1S/C27H24O3/c1-2-3-19-26(25(29)20-21-28)30-27(22-13-7-4-8-14-22,23-15-9-5-10-16-23)24-17-11-6-12-18-24/h3-20,26H,2H2,1H3. The minimum Gasteiger partial charge on any atom is -0.345 e. The van der Waals surface area contributed by atoms with Gasteiger partial charge in [0.1, 0.15) is 17.6 Å². The molecule has 0 fully saturated rings. The summed E-state index contributed by atoms with van der Waals surface area (Å²) >= 11 is 0. The van der Waals surface area contributed by atoms with Crippen molar-refractivity contribution in [2.24, 2.45) is 0 Å². The Bertz CT molecular complexity index is 921. The molecule has 0 N–H and O–H groups in total. The predicted octanol–water partition coefficient (Wildman–Crippen LogP) is 5.29. The SMILES string of the molecule is CCC=CC(OC(c1ccccc1)(c1ccccc1)c1ccccc1)C(=O)C=C=O. The minimum atomic E-state index is -1.04. The van der Waals surface area contributed by atoms with Crippen molar-refractivity contribution in [1.29, 1.82) is 0 Å². The highest BCUT2D eigenvalue weighted by Gasteiger charge is 2.40. The molecule has 0 heterocycles. The van der Waals surface area contributed by atoms with E-state index in [1.807, 2.05) is 104 Å². The number of rotatable bonds is 9. The molecule has 3 aromatic carbocycles. The molecule has 0 amide bonds. The van der Waals surface area contributed by atoms with Gasteiger partial charge in [0.15, 0.2) is 5.78 Å². The van der Waals surface area contributed by atoms with E-state index in [0.717, 1.165) is 29.2 Å². The van der Waals surface area contributed by atoms with Crippen molar-refractivity contribution in [1.82, 2.24) is 0 Å². The van der Waals surface area contributed by atoms with Gasteiger partial charge >= 0.3 is 0 Å². The van der Waals surface area contributed by atoms with Crippen molar-refractivity contribution < 1.29 is 14.3 Å². The molecule has 1 atom stereocenters. The molecule has 0 spiro atoms. The second kappa shape index (κ2) is 10.3. The Morgan fingerprint density at radius 2 is 1.30 bits per heavy atom. The van der Waals surface area contributed by atoms with Crippen molar-refractivity contribution in [3.63, 3.8) is 0 Å². The summed E-state index contributed by atoms with van der Waals surface area (Å²) in [6.07, 6.45) is 4.28. The first-order valence-electron chi connectivity index (χ1n) is 9.98. The van der Waals surface area contributed by atoms with Gasteiger partial charge < -0.3 is 4.74 Å². The zero-order valence-corrected chi connectivity index (χ0v) is 16.9. The van der Waals surface area contributed by atoms with E-state index in [4.69, 9.17) is 4.74 Å². The van der Waals surface area contributed by atoms with Crippen molar-refractivity contribution in [3.05, 3.63) is 126 Å². The topological polar surface area (TPSA) is 43.4 Å². The maximum absolute atomic E-state index is 12.7. The summed E-state index contributed by atoms with van der Waals surface area (Å²) in [6, 6.07) is 29.4. The maximum Gasteiger partial charge on any atom is 0.199 e. The predicted molar refractivity (Wildman–Crippen MR) is 119 cm³/mol. The zero-order chi connectivity index (χ0) is 21.2. The lowest BCUT2D eigenvalue weighted by Crippen LogP contribution is -2.39. The van der Waals surface area contributed by atoms with Crippen LogP contribution in [0.4, 0.5) is 0 Å². The lowest BCUT2D eigenvalue weighted by Gasteiger charge is -2.37. The molecule has 0 bridgehead atoms. The maximum atomic E-state index is 12.7. The number of benzene rings is 3. The summed E-state index contributed by atoms with van der Waals surface area (Å²) in [5.74, 6) is 1.15. The molecule has 0 aliphatic rings. The Hall–Kier alpha value is -3.52. The van der Waals surface area contributed by atoms with Crippen molar-refractivity contribution >= 4 is 11.7 Å². The summed E-state index contributed by atoms with van der Waals surface area (Å²) < 4.78 is 6.67. The number of allylic oxidation sites excluding steroid dienone is 1. The average Bonchev–Trinajstić information content (AvgIpc) is 2.81. The molecule has 3 nitrogen and oxygen atoms in total. The largest absolute Gasteiger partial charge is 0.345 e. The van der Waals surface area contributed by atoms with Gasteiger partial charge in [0, 0.05) is 0 Å². The summed E-state index contributed by atoms with van der Waals surface area (Å²) in [7, 11) is 0.